The van der Waals surface area contributed by atoms with Crippen LogP contribution >= 0.6 is 0 Å². The molecule has 3 heteroatoms. The standard InChI is InChI=1S/C16H26N2O/c1-5-18(15-8-6-7-14(4)11-15)10-9-16(19)17-12-13(2)3/h6-8,11,13H,5,9-10,12H2,1-4H3,(H,17,19). The van der Waals surface area contributed by atoms with E-state index in [9.17, 15) is 4.79 Å². The van der Waals surface area contributed by atoms with Crippen LogP contribution in [0.2, 0.25) is 0 Å². The molecule has 1 aromatic carbocycles. The van der Waals surface area contributed by atoms with Crippen molar-refractivity contribution in [1.82, 2.24) is 5.32 Å². The van der Waals surface area contributed by atoms with Gasteiger partial charge in [0, 0.05) is 31.7 Å². The highest BCUT2D eigenvalue weighted by molar-refractivity contribution is 5.76. The molecule has 106 valence electrons. The van der Waals surface area contributed by atoms with Crippen molar-refractivity contribution in [2.75, 3.05) is 24.5 Å². The van der Waals surface area contributed by atoms with Crippen LogP contribution in [0.3, 0.4) is 0 Å². The average molecular weight is 262 g/mol. The molecule has 0 heterocycles. The Hall–Kier alpha value is -1.51. The zero-order chi connectivity index (χ0) is 14.3. The number of nitrogens with one attached hydrogen (secondary N) is 1. The molecular weight excluding hydrogens is 236 g/mol. The third kappa shape index (κ3) is 5.77. The number of nitrogens with zero attached hydrogens (tertiary/aromatic N) is 1. The van der Waals surface area contributed by atoms with Crippen LogP contribution in [-0.4, -0.2) is 25.5 Å². The molecule has 3 nitrogen and oxygen atoms in total. The molecule has 0 saturated heterocycles. The van der Waals surface area contributed by atoms with Gasteiger partial charge in [-0.1, -0.05) is 26.0 Å². The second-order valence-electron chi connectivity index (χ2n) is 5.37. The molecular formula is C16H26N2O. The molecule has 0 saturated carbocycles. The van der Waals surface area contributed by atoms with Gasteiger partial charge in [0.05, 0.1) is 0 Å². The average Bonchev–Trinajstić information content (AvgIpc) is 2.37. The van der Waals surface area contributed by atoms with Crippen LogP contribution in [0.1, 0.15) is 32.8 Å². The Kier molecular flexibility index (Phi) is 6.40. The van der Waals surface area contributed by atoms with Crippen molar-refractivity contribution in [3.63, 3.8) is 0 Å². The van der Waals surface area contributed by atoms with E-state index in [1.54, 1.807) is 0 Å². The second-order valence-corrected chi connectivity index (χ2v) is 5.37. The van der Waals surface area contributed by atoms with E-state index in [4.69, 9.17) is 0 Å². The van der Waals surface area contributed by atoms with Crippen LogP contribution in [0, 0.1) is 12.8 Å². The lowest BCUT2D eigenvalue weighted by atomic mass is 10.2. The van der Waals surface area contributed by atoms with Gasteiger partial charge in [0.15, 0.2) is 0 Å². The molecule has 1 aromatic rings. The van der Waals surface area contributed by atoms with Gasteiger partial charge < -0.3 is 10.2 Å². The highest BCUT2D eigenvalue weighted by Gasteiger charge is 2.08. The van der Waals surface area contributed by atoms with Crippen LogP contribution in [0.25, 0.3) is 0 Å². The van der Waals surface area contributed by atoms with Crippen molar-refractivity contribution in [2.45, 2.75) is 34.1 Å². The van der Waals surface area contributed by atoms with E-state index in [0.29, 0.717) is 12.3 Å². The van der Waals surface area contributed by atoms with E-state index in [1.807, 2.05) is 0 Å². The summed E-state index contributed by atoms with van der Waals surface area (Å²) in [6.07, 6.45) is 0.550. The highest BCUT2D eigenvalue weighted by atomic mass is 16.1. The fraction of sp³-hybridized carbons (Fsp3) is 0.562. The Morgan fingerprint density at radius 2 is 2.11 bits per heavy atom. The molecule has 19 heavy (non-hydrogen) atoms. The first-order valence-corrected chi connectivity index (χ1v) is 7.11. The third-order valence-corrected chi connectivity index (χ3v) is 3.06. The first-order chi connectivity index (χ1) is 9.02. The largest absolute Gasteiger partial charge is 0.371 e. The van der Waals surface area contributed by atoms with Crippen LogP contribution in [-0.2, 0) is 4.79 Å². The van der Waals surface area contributed by atoms with Gasteiger partial charge in [0.25, 0.3) is 0 Å². The summed E-state index contributed by atoms with van der Waals surface area (Å²) >= 11 is 0. The fourth-order valence-corrected chi connectivity index (χ4v) is 1.94. The third-order valence-electron chi connectivity index (χ3n) is 3.06. The van der Waals surface area contributed by atoms with Crippen LogP contribution in [0.4, 0.5) is 5.69 Å². The predicted molar refractivity (Wildman–Crippen MR) is 81.5 cm³/mol. The number of carbonyl (C=O) groups is 1. The number of amides is 1. The maximum Gasteiger partial charge on any atom is 0.221 e. The fourth-order valence-electron chi connectivity index (χ4n) is 1.94. The van der Waals surface area contributed by atoms with Crippen molar-refractivity contribution in [2.24, 2.45) is 5.92 Å². The van der Waals surface area contributed by atoms with Crippen LogP contribution in [0.15, 0.2) is 24.3 Å². The molecule has 0 aliphatic carbocycles. The zero-order valence-corrected chi connectivity index (χ0v) is 12.6. The molecule has 0 aromatic heterocycles. The lowest BCUT2D eigenvalue weighted by Gasteiger charge is -2.23. The summed E-state index contributed by atoms with van der Waals surface area (Å²) in [4.78, 5) is 14.0. The number of benzene rings is 1. The SMILES string of the molecule is CCN(CCC(=O)NCC(C)C)c1cccc(C)c1. The van der Waals surface area contributed by atoms with Gasteiger partial charge in [0.2, 0.25) is 5.91 Å². The maximum absolute atomic E-state index is 11.7. The molecule has 0 fully saturated rings. The molecule has 1 amide bonds. The first kappa shape index (κ1) is 15.5. The smallest absolute Gasteiger partial charge is 0.221 e. The van der Waals surface area contributed by atoms with E-state index in [0.717, 1.165) is 19.6 Å². The number of hydrogen-bond acceptors (Lipinski definition) is 2. The summed E-state index contributed by atoms with van der Waals surface area (Å²) in [7, 11) is 0. The van der Waals surface area contributed by atoms with Crippen molar-refractivity contribution in [1.29, 1.82) is 0 Å². The predicted octanol–water partition coefficient (Wildman–Crippen LogP) is 2.98. The summed E-state index contributed by atoms with van der Waals surface area (Å²) in [5, 5.41) is 2.96. The minimum Gasteiger partial charge on any atom is -0.371 e. The monoisotopic (exact) mass is 262 g/mol. The van der Waals surface area contributed by atoms with Crippen molar-refractivity contribution in [3.8, 4) is 0 Å². The second kappa shape index (κ2) is 7.82. The van der Waals surface area contributed by atoms with Gasteiger partial charge in [-0.25, -0.2) is 0 Å². The van der Waals surface area contributed by atoms with E-state index in [-0.39, 0.29) is 5.91 Å². The summed E-state index contributed by atoms with van der Waals surface area (Å²) < 4.78 is 0. The van der Waals surface area contributed by atoms with Crippen molar-refractivity contribution in [3.05, 3.63) is 29.8 Å². The molecule has 0 unspecified atom stereocenters. The number of aryl methyl sites for hydroxylation is 1. The molecule has 1 rings (SSSR count). The van der Waals surface area contributed by atoms with Gasteiger partial charge in [-0.15, -0.1) is 0 Å². The summed E-state index contributed by atoms with van der Waals surface area (Å²) in [5.74, 6) is 0.641. The summed E-state index contributed by atoms with van der Waals surface area (Å²) in [6.45, 7) is 10.9. The molecule has 0 bridgehead atoms. The summed E-state index contributed by atoms with van der Waals surface area (Å²) in [5.41, 5.74) is 2.44. The van der Waals surface area contributed by atoms with Gasteiger partial charge >= 0.3 is 0 Å². The van der Waals surface area contributed by atoms with Crippen LogP contribution < -0.4 is 10.2 Å². The minimum atomic E-state index is 0.139. The van der Waals surface area contributed by atoms with Gasteiger partial charge in [0.1, 0.15) is 0 Å². The molecule has 0 atom stereocenters. The topological polar surface area (TPSA) is 32.3 Å². The van der Waals surface area contributed by atoms with Gasteiger partial charge in [-0.3, -0.25) is 4.79 Å². The number of carbonyl (C=O) groups excluding carboxylic acids is 1. The number of hydrogen-bond donors (Lipinski definition) is 1. The van der Waals surface area contributed by atoms with E-state index in [1.165, 1.54) is 11.3 Å². The van der Waals surface area contributed by atoms with Gasteiger partial charge in [-0.05, 0) is 37.5 Å². The minimum absolute atomic E-state index is 0.139. The number of anilines is 1. The van der Waals surface area contributed by atoms with Gasteiger partial charge in [-0.2, -0.15) is 0 Å². The molecule has 1 N–H and O–H groups in total. The summed E-state index contributed by atoms with van der Waals surface area (Å²) in [6, 6.07) is 8.41. The lowest BCUT2D eigenvalue weighted by molar-refractivity contribution is -0.121. The Bertz CT molecular complexity index is 401. The first-order valence-electron chi connectivity index (χ1n) is 7.11. The number of rotatable bonds is 7. The van der Waals surface area contributed by atoms with E-state index in [2.05, 4.69) is 62.2 Å². The van der Waals surface area contributed by atoms with E-state index >= 15 is 0 Å². The normalized spacial score (nSPS) is 10.6. The lowest BCUT2D eigenvalue weighted by Crippen LogP contribution is -2.32. The Balaban J connectivity index is 2.47. The zero-order valence-electron chi connectivity index (χ0n) is 12.6. The Morgan fingerprint density at radius 3 is 2.68 bits per heavy atom. The maximum atomic E-state index is 11.7. The Labute approximate surface area is 117 Å². The molecule has 0 aliphatic rings. The van der Waals surface area contributed by atoms with Crippen LogP contribution in [0.5, 0.6) is 0 Å². The molecule has 0 aliphatic heterocycles. The van der Waals surface area contributed by atoms with Crippen molar-refractivity contribution < 1.29 is 4.79 Å². The quantitative estimate of drug-likeness (QED) is 0.819. The van der Waals surface area contributed by atoms with Crippen molar-refractivity contribution >= 4 is 11.6 Å². The highest BCUT2D eigenvalue weighted by Crippen LogP contribution is 2.15. The Morgan fingerprint density at radius 1 is 1.37 bits per heavy atom. The molecule has 0 radical (unpaired) electrons. The van der Waals surface area contributed by atoms with E-state index < -0.39 is 0 Å². The molecule has 0 spiro atoms.